The lowest BCUT2D eigenvalue weighted by Gasteiger charge is -2.37. The van der Waals surface area contributed by atoms with Crippen molar-refractivity contribution in [1.82, 2.24) is 4.98 Å². The zero-order chi connectivity index (χ0) is 14.8. The van der Waals surface area contributed by atoms with Crippen LogP contribution in [-0.4, -0.2) is 35.1 Å². The standard InChI is InChI=1S/C16H24N4O/c17-15(18)13-9-11-5-1-2-7-14(11)19-16(13)20-8-4-3-6-12(20)10-21/h9,12,21H,1-8,10H2,(H3,17,18). The van der Waals surface area contributed by atoms with E-state index >= 15 is 0 Å². The molecule has 0 bridgehead atoms. The number of aliphatic hydroxyl groups excluding tert-OH is 1. The number of fused-ring (bicyclic) bond motifs is 1. The lowest BCUT2D eigenvalue weighted by Crippen LogP contribution is -2.43. The summed E-state index contributed by atoms with van der Waals surface area (Å²) in [6, 6.07) is 2.16. The van der Waals surface area contributed by atoms with Crippen LogP contribution in [0.25, 0.3) is 0 Å². The molecule has 1 atom stereocenters. The van der Waals surface area contributed by atoms with Crippen molar-refractivity contribution in [2.75, 3.05) is 18.1 Å². The molecule has 0 amide bonds. The Morgan fingerprint density at radius 1 is 1.33 bits per heavy atom. The minimum atomic E-state index is 0.0770. The van der Waals surface area contributed by atoms with E-state index in [4.69, 9.17) is 16.1 Å². The Hall–Kier alpha value is -1.62. The highest BCUT2D eigenvalue weighted by atomic mass is 16.3. The van der Waals surface area contributed by atoms with Gasteiger partial charge in [-0.05, 0) is 56.6 Å². The zero-order valence-corrected chi connectivity index (χ0v) is 12.4. The van der Waals surface area contributed by atoms with E-state index < -0.39 is 0 Å². The minimum Gasteiger partial charge on any atom is -0.394 e. The SMILES string of the molecule is N=C(N)c1cc2c(nc1N1CCCCC1CO)CCCC2. The molecule has 1 saturated heterocycles. The number of rotatable bonds is 3. The summed E-state index contributed by atoms with van der Waals surface area (Å²) in [7, 11) is 0. The average Bonchev–Trinajstić information content (AvgIpc) is 2.53. The summed E-state index contributed by atoms with van der Waals surface area (Å²) in [4.78, 5) is 7.01. The lowest BCUT2D eigenvalue weighted by atomic mass is 9.93. The minimum absolute atomic E-state index is 0.0770. The van der Waals surface area contributed by atoms with Gasteiger partial charge in [0.05, 0.1) is 18.2 Å². The first-order chi connectivity index (χ1) is 10.2. The summed E-state index contributed by atoms with van der Waals surface area (Å²) in [5.41, 5.74) is 8.93. The predicted octanol–water partition coefficient (Wildman–Crippen LogP) is 1.60. The predicted molar refractivity (Wildman–Crippen MR) is 84.0 cm³/mol. The number of anilines is 1. The van der Waals surface area contributed by atoms with Gasteiger partial charge in [0.15, 0.2) is 0 Å². The van der Waals surface area contributed by atoms with Crippen LogP contribution in [0.3, 0.4) is 0 Å². The molecule has 114 valence electrons. The van der Waals surface area contributed by atoms with Crippen molar-refractivity contribution in [2.24, 2.45) is 5.73 Å². The Labute approximate surface area is 125 Å². The number of aromatic nitrogens is 1. The van der Waals surface area contributed by atoms with Crippen LogP contribution >= 0.6 is 0 Å². The van der Waals surface area contributed by atoms with Crippen LogP contribution in [0.4, 0.5) is 5.82 Å². The second-order valence-corrected chi connectivity index (χ2v) is 6.11. The van der Waals surface area contributed by atoms with E-state index in [1.807, 2.05) is 0 Å². The number of nitrogens with zero attached hydrogens (tertiary/aromatic N) is 2. The van der Waals surface area contributed by atoms with Gasteiger partial charge in [-0.3, -0.25) is 5.41 Å². The van der Waals surface area contributed by atoms with Crippen LogP contribution in [0.15, 0.2) is 6.07 Å². The van der Waals surface area contributed by atoms with E-state index in [-0.39, 0.29) is 18.5 Å². The number of aryl methyl sites for hydroxylation is 2. The van der Waals surface area contributed by atoms with Crippen LogP contribution in [0, 0.1) is 5.41 Å². The molecule has 1 aliphatic carbocycles. The Kier molecular flexibility index (Phi) is 4.10. The Bertz CT molecular complexity index is 543. The number of aliphatic hydroxyl groups is 1. The van der Waals surface area contributed by atoms with Crippen molar-refractivity contribution in [3.63, 3.8) is 0 Å². The summed E-state index contributed by atoms with van der Waals surface area (Å²) in [6.07, 6.45) is 7.64. The van der Waals surface area contributed by atoms with Crippen LogP contribution in [0.1, 0.15) is 48.9 Å². The maximum absolute atomic E-state index is 9.64. The average molecular weight is 288 g/mol. The van der Waals surface area contributed by atoms with Gasteiger partial charge in [-0.1, -0.05) is 0 Å². The van der Waals surface area contributed by atoms with Crippen LogP contribution in [0.2, 0.25) is 0 Å². The molecule has 0 radical (unpaired) electrons. The van der Waals surface area contributed by atoms with Crippen molar-refractivity contribution in [3.05, 3.63) is 22.9 Å². The molecule has 1 aliphatic heterocycles. The highest BCUT2D eigenvalue weighted by molar-refractivity contribution is 6.00. The highest BCUT2D eigenvalue weighted by Gasteiger charge is 2.27. The first kappa shape index (κ1) is 14.3. The summed E-state index contributed by atoms with van der Waals surface area (Å²) in [6.45, 7) is 1.02. The van der Waals surface area contributed by atoms with Crippen molar-refractivity contribution in [2.45, 2.75) is 51.0 Å². The fourth-order valence-corrected chi connectivity index (χ4v) is 3.51. The molecule has 0 spiro atoms. The van der Waals surface area contributed by atoms with E-state index in [1.54, 1.807) is 0 Å². The fraction of sp³-hybridized carbons (Fsp3) is 0.625. The lowest BCUT2D eigenvalue weighted by molar-refractivity contribution is 0.239. The van der Waals surface area contributed by atoms with Crippen molar-refractivity contribution < 1.29 is 5.11 Å². The molecule has 21 heavy (non-hydrogen) atoms. The number of amidine groups is 1. The molecule has 5 nitrogen and oxygen atoms in total. The number of nitrogens with one attached hydrogen (secondary N) is 1. The third-order valence-corrected chi connectivity index (χ3v) is 4.68. The molecule has 2 heterocycles. The fourth-order valence-electron chi connectivity index (χ4n) is 3.51. The van der Waals surface area contributed by atoms with Gasteiger partial charge in [0, 0.05) is 12.2 Å². The zero-order valence-electron chi connectivity index (χ0n) is 12.4. The molecule has 0 aromatic carbocycles. The summed E-state index contributed by atoms with van der Waals surface area (Å²) in [5, 5.41) is 17.5. The van der Waals surface area contributed by atoms with Crippen LogP contribution in [0.5, 0.6) is 0 Å². The third-order valence-electron chi connectivity index (χ3n) is 4.68. The Balaban J connectivity index is 2.04. The van der Waals surface area contributed by atoms with Gasteiger partial charge in [0.25, 0.3) is 0 Å². The first-order valence-electron chi connectivity index (χ1n) is 7.95. The van der Waals surface area contributed by atoms with Gasteiger partial charge < -0.3 is 15.7 Å². The van der Waals surface area contributed by atoms with Gasteiger partial charge in [0.2, 0.25) is 0 Å². The maximum atomic E-state index is 9.64. The van der Waals surface area contributed by atoms with Gasteiger partial charge in [-0.25, -0.2) is 4.98 Å². The van der Waals surface area contributed by atoms with Gasteiger partial charge in [-0.15, -0.1) is 0 Å². The first-order valence-corrected chi connectivity index (χ1v) is 7.95. The molecule has 5 heteroatoms. The number of pyridine rings is 1. The quantitative estimate of drug-likeness (QED) is 0.582. The molecule has 0 saturated carbocycles. The van der Waals surface area contributed by atoms with Gasteiger partial charge in [-0.2, -0.15) is 0 Å². The van der Waals surface area contributed by atoms with Crippen molar-refractivity contribution >= 4 is 11.7 Å². The van der Waals surface area contributed by atoms with Crippen molar-refractivity contribution in [3.8, 4) is 0 Å². The third kappa shape index (κ3) is 2.75. The van der Waals surface area contributed by atoms with Crippen molar-refractivity contribution in [1.29, 1.82) is 5.41 Å². The smallest absolute Gasteiger partial charge is 0.140 e. The van der Waals surface area contributed by atoms with E-state index in [9.17, 15) is 5.11 Å². The second kappa shape index (κ2) is 6.02. The topological polar surface area (TPSA) is 86.2 Å². The molecular formula is C16H24N4O. The molecule has 1 unspecified atom stereocenters. The normalized spacial score (nSPS) is 22.0. The maximum Gasteiger partial charge on any atom is 0.140 e. The summed E-state index contributed by atoms with van der Waals surface area (Å²) >= 11 is 0. The molecule has 3 rings (SSSR count). The van der Waals surface area contributed by atoms with Crippen LogP contribution in [-0.2, 0) is 12.8 Å². The second-order valence-electron chi connectivity index (χ2n) is 6.11. The number of piperidine rings is 1. The summed E-state index contributed by atoms with van der Waals surface area (Å²) < 4.78 is 0. The van der Waals surface area contributed by atoms with E-state index in [1.165, 1.54) is 18.4 Å². The molecule has 2 aliphatic rings. The van der Waals surface area contributed by atoms with Gasteiger partial charge in [0.1, 0.15) is 11.7 Å². The van der Waals surface area contributed by atoms with Gasteiger partial charge >= 0.3 is 0 Å². The van der Waals surface area contributed by atoms with E-state index in [2.05, 4.69) is 11.0 Å². The summed E-state index contributed by atoms with van der Waals surface area (Å²) in [5.74, 6) is 0.884. The van der Waals surface area contributed by atoms with E-state index in [0.29, 0.717) is 0 Å². The molecule has 4 N–H and O–H groups in total. The monoisotopic (exact) mass is 288 g/mol. The van der Waals surface area contributed by atoms with Crippen LogP contribution < -0.4 is 10.6 Å². The Morgan fingerprint density at radius 3 is 2.90 bits per heavy atom. The molecule has 1 fully saturated rings. The largest absolute Gasteiger partial charge is 0.394 e. The highest BCUT2D eigenvalue weighted by Crippen LogP contribution is 2.30. The number of hydrogen-bond donors (Lipinski definition) is 3. The number of nitrogen functional groups attached to an aromatic ring is 1. The van der Waals surface area contributed by atoms with E-state index in [0.717, 1.165) is 55.7 Å². The Morgan fingerprint density at radius 2 is 2.14 bits per heavy atom. The molecule has 1 aromatic heterocycles. The molecular weight excluding hydrogens is 264 g/mol. The molecule has 1 aromatic rings. The number of hydrogen-bond acceptors (Lipinski definition) is 4. The number of nitrogens with two attached hydrogens (primary N) is 1.